The molecule has 5 nitrogen and oxygen atoms in total. The number of aryl methyl sites for hydroxylation is 1. The molecule has 1 amide bonds. The Morgan fingerprint density at radius 3 is 2.38 bits per heavy atom. The molecule has 2 aromatic carbocycles. The van der Waals surface area contributed by atoms with Crippen molar-refractivity contribution >= 4 is 17.6 Å². The van der Waals surface area contributed by atoms with Crippen molar-refractivity contribution in [2.24, 2.45) is 0 Å². The van der Waals surface area contributed by atoms with Gasteiger partial charge in [0.15, 0.2) is 0 Å². The first-order valence-corrected chi connectivity index (χ1v) is 11.6. The van der Waals surface area contributed by atoms with Crippen molar-refractivity contribution in [2.45, 2.75) is 64.5 Å². The smallest absolute Gasteiger partial charge is 0.308 e. The van der Waals surface area contributed by atoms with E-state index in [9.17, 15) is 9.59 Å². The minimum atomic E-state index is -0.520. The van der Waals surface area contributed by atoms with E-state index in [0.29, 0.717) is 6.54 Å². The summed E-state index contributed by atoms with van der Waals surface area (Å²) in [5.41, 5.74) is 3.59. The molecule has 170 valence electrons. The van der Waals surface area contributed by atoms with Crippen LogP contribution in [0.2, 0.25) is 0 Å². The fourth-order valence-corrected chi connectivity index (χ4v) is 5.19. The van der Waals surface area contributed by atoms with Crippen molar-refractivity contribution in [3.8, 4) is 0 Å². The normalized spacial score (nSPS) is 18.1. The standard InChI is InChI=1S/C27H34N2O3/c1-20-9-8-12-22-24(20)27(25(31)29(22)16-13-23(30)32-26(2,3)4)14-17-28(18-15-27)19-21-10-6-5-7-11-21/h5-12H,13-19H2,1-4H3. The Labute approximate surface area is 191 Å². The predicted octanol–water partition coefficient (Wildman–Crippen LogP) is 4.61. The Bertz CT molecular complexity index is 986. The number of anilines is 1. The monoisotopic (exact) mass is 434 g/mol. The predicted molar refractivity (Wildman–Crippen MR) is 127 cm³/mol. The zero-order valence-electron chi connectivity index (χ0n) is 19.7. The average Bonchev–Trinajstić information content (AvgIpc) is 2.96. The Hall–Kier alpha value is -2.66. The van der Waals surface area contributed by atoms with E-state index in [0.717, 1.165) is 49.3 Å². The maximum absolute atomic E-state index is 13.8. The SMILES string of the molecule is Cc1cccc2c1C1(CCN(Cc3ccccc3)CC1)C(=O)N2CCC(=O)OC(C)(C)C. The lowest BCUT2D eigenvalue weighted by molar-refractivity contribution is -0.154. The lowest BCUT2D eigenvalue weighted by atomic mass is 9.72. The van der Waals surface area contributed by atoms with Gasteiger partial charge in [-0.1, -0.05) is 42.5 Å². The first kappa shape index (κ1) is 22.5. The van der Waals surface area contributed by atoms with Crippen molar-refractivity contribution in [1.82, 2.24) is 4.90 Å². The fraction of sp³-hybridized carbons (Fsp3) is 0.481. The summed E-state index contributed by atoms with van der Waals surface area (Å²) in [4.78, 5) is 30.4. The number of fused-ring (bicyclic) bond motifs is 2. The molecule has 0 bridgehead atoms. The van der Waals surface area contributed by atoms with Crippen LogP contribution in [-0.4, -0.2) is 42.0 Å². The molecule has 0 unspecified atom stereocenters. The van der Waals surface area contributed by atoms with Gasteiger partial charge in [-0.3, -0.25) is 14.5 Å². The quantitative estimate of drug-likeness (QED) is 0.645. The molecule has 0 aromatic heterocycles. The highest BCUT2D eigenvalue weighted by molar-refractivity contribution is 6.09. The van der Waals surface area contributed by atoms with Crippen molar-refractivity contribution < 1.29 is 14.3 Å². The van der Waals surface area contributed by atoms with Crippen molar-refractivity contribution in [3.05, 3.63) is 65.2 Å². The molecule has 1 spiro atoms. The molecule has 2 heterocycles. The van der Waals surface area contributed by atoms with Gasteiger partial charge < -0.3 is 9.64 Å². The number of piperidine rings is 1. The van der Waals surface area contributed by atoms with Crippen molar-refractivity contribution in [3.63, 3.8) is 0 Å². The number of rotatable bonds is 5. The van der Waals surface area contributed by atoms with Crippen LogP contribution in [0.3, 0.4) is 0 Å². The van der Waals surface area contributed by atoms with E-state index in [1.165, 1.54) is 5.56 Å². The Kier molecular flexibility index (Phi) is 6.13. The van der Waals surface area contributed by atoms with Crippen LogP contribution in [0, 0.1) is 6.92 Å². The second kappa shape index (κ2) is 8.70. The number of hydrogen-bond acceptors (Lipinski definition) is 4. The Morgan fingerprint density at radius 1 is 1.03 bits per heavy atom. The van der Waals surface area contributed by atoms with Crippen LogP contribution in [0.1, 0.15) is 56.7 Å². The van der Waals surface area contributed by atoms with E-state index in [2.05, 4.69) is 42.2 Å². The Morgan fingerprint density at radius 2 is 1.72 bits per heavy atom. The molecule has 0 radical (unpaired) electrons. The van der Waals surface area contributed by atoms with E-state index in [1.807, 2.05) is 43.9 Å². The molecular formula is C27H34N2O3. The largest absolute Gasteiger partial charge is 0.460 e. The molecule has 4 rings (SSSR count). The molecule has 0 atom stereocenters. The number of nitrogens with zero attached hydrogens (tertiary/aromatic N) is 2. The highest BCUT2D eigenvalue weighted by Crippen LogP contribution is 2.49. The third-order valence-electron chi connectivity index (χ3n) is 6.59. The minimum absolute atomic E-state index is 0.143. The summed E-state index contributed by atoms with van der Waals surface area (Å²) in [5, 5.41) is 0. The fourth-order valence-electron chi connectivity index (χ4n) is 5.19. The molecule has 1 saturated heterocycles. The number of likely N-dealkylation sites (tertiary alicyclic amines) is 1. The first-order chi connectivity index (χ1) is 15.2. The maximum Gasteiger partial charge on any atom is 0.308 e. The van der Waals surface area contributed by atoms with Crippen LogP contribution in [0.25, 0.3) is 0 Å². The highest BCUT2D eigenvalue weighted by atomic mass is 16.6. The third-order valence-corrected chi connectivity index (χ3v) is 6.59. The van der Waals surface area contributed by atoms with Gasteiger partial charge in [0.25, 0.3) is 0 Å². The lowest BCUT2D eigenvalue weighted by Crippen LogP contribution is -2.49. The second-order valence-corrected chi connectivity index (χ2v) is 10.1. The van der Waals surface area contributed by atoms with Gasteiger partial charge in [-0.05, 0) is 76.4 Å². The minimum Gasteiger partial charge on any atom is -0.460 e. The van der Waals surface area contributed by atoms with E-state index in [-0.39, 0.29) is 18.3 Å². The zero-order chi connectivity index (χ0) is 22.9. The van der Waals surface area contributed by atoms with Crippen molar-refractivity contribution in [1.29, 1.82) is 0 Å². The second-order valence-electron chi connectivity index (χ2n) is 10.1. The molecular weight excluding hydrogens is 400 g/mol. The molecule has 2 aliphatic heterocycles. The van der Waals surface area contributed by atoms with Gasteiger partial charge in [0, 0.05) is 18.8 Å². The van der Waals surface area contributed by atoms with E-state index in [1.54, 1.807) is 0 Å². The van der Waals surface area contributed by atoms with Crippen LogP contribution >= 0.6 is 0 Å². The van der Waals surface area contributed by atoms with Gasteiger partial charge in [-0.15, -0.1) is 0 Å². The van der Waals surface area contributed by atoms with Gasteiger partial charge in [-0.2, -0.15) is 0 Å². The van der Waals surface area contributed by atoms with Crippen LogP contribution in [0.15, 0.2) is 48.5 Å². The summed E-state index contributed by atoms with van der Waals surface area (Å²) < 4.78 is 5.47. The summed E-state index contributed by atoms with van der Waals surface area (Å²) in [5.74, 6) is -0.122. The third kappa shape index (κ3) is 4.44. The average molecular weight is 435 g/mol. The molecule has 0 saturated carbocycles. The first-order valence-electron chi connectivity index (χ1n) is 11.6. The number of ether oxygens (including phenoxy) is 1. The summed E-state index contributed by atoms with van der Waals surface area (Å²) in [6.45, 7) is 10.7. The summed E-state index contributed by atoms with van der Waals surface area (Å²) in [6.07, 6.45) is 1.81. The summed E-state index contributed by atoms with van der Waals surface area (Å²) in [6, 6.07) is 16.6. The van der Waals surface area contributed by atoms with Crippen LogP contribution in [-0.2, 0) is 26.3 Å². The molecule has 2 aliphatic rings. The molecule has 2 aromatic rings. The lowest BCUT2D eigenvalue weighted by Gasteiger charge is -2.39. The van der Waals surface area contributed by atoms with Gasteiger partial charge in [0.05, 0.1) is 11.8 Å². The maximum atomic E-state index is 13.8. The summed E-state index contributed by atoms with van der Waals surface area (Å²) in [7, 11) is 0. The number of carbonyl (C=O) groups excluding carboxylic acids is 2. The van der Waals surface area contributed by atoms with E-state index in [4.69, 9.17) is 4.74 Å². The molecule has 0 aliphatic carbocycles. The van der Waals surface area contributed by atoms with Crippen molar-refractivity contribution in [2.75, 3.05) is 24.5 Å². The van der Waals surface area contributed by atoms with Crippen LogP contribution in [0.5, 0.6) is 0 Å². The number of esters is 1. The molecule has 0 N–H and O–H groups in total. The summed E-state index contributed by atoms with van der Waals surface area (Å²) >= 11 is 0. The highest BCUT2D eigenvalue weighted by Gasteiger charge is 2.52. The number of hydrogen-bond donors (Lipinski definition) is 0. The topological polar surface area (TPSA) is 49.9 Å². The molecule has 5 heteroatoms. The number of amides is 1. The molecule has 1 fully saturated rings. The Balaban J connectivity index is 1.51. The van der Waals surface area contributed by atoms with Gasteiger partial charge in [0.2, 0.25) is 5.91 Å². The zero-order valence-corrected chi connectivity index (χ0v) is 19.7. The van der Waals surface area contributed by atoms with E-state index < -0.39 is 11.0 Å². The van der Waals surface area contributed by atoms with Crippen LogP contribution in [0.4, 0.5) is 5.69 Å². The van der Waals surface area contributed by atoms with Gasteiger partial charge in [-0.25, -0.2) is 0 Å². The van der Waals surface area contributed by atoms with E-state index >= 15 is 0 Å². The van der Waals surface area contributed by atoms with Gasteiger partial charge in [0.1, 0.15) is 5.60 Å². The molecule has 32 heavy (non-hydrogen) atoms. The number of benzene rings is 2. The van der Waals surface area contributed by atoms with Gasteiger partial charge >= 0.3 is 5.97 Å². The van der Waals surface area contributed by atoms with Crippen LogP contribution < -0.4 is 4.90 Å². The number of carbonyl (C=O) groups is 2.